The van der Waals surface area contributed by atoms with Gasteiger partial charge in [0.25, 0.3) is 0 Å². The van der Waals surface area contributed by atoms with E-state index in [1.807, 2.05) is 19.9 Å². The summed E-state index contributed by atoms with van der Waals surface area (Å²) in [4.78, 5) is 23.3. The Morgan fingerprint density at radius 2 is 2.04 bits per heavy atom. The van der Waals surface area contributed by atoms with Crippen LogP contribution in [0, 0.1) is 27.7 Å². The molecule has 130 valence electrons. The third kappa shape index (κ3) is 2.74. The lowest BCUT2D eigenvalue weighted by atomic mass is 10.1. The number of hydrogen-bond donors (Lipinski definition) is 0. The van der Waals surface area contributed by atoms with Crippen LogP contribution in [-0.2, 0) is 0 Å². The SMILES string of the molecule is Cc1sc2ncnc(OCC(=O)c3cc(C)n(C4CC4)c3C)c2c1C. The summed E-state index contributed by atoms with van der Waals surface area (Å²) in [5, 5.41) is 0.918. The van der Waals surface area contributed by atoms with Crippen LogP contribution in [0.1, 0.15) is 51.1 Å². The number of aromatic nitrogens is 3. The molecule has 3 heterocycles. The maximum absolute atomic E-state index is 12.7. The van der Waals surface area contributed by atoms with Crippen molar-refractivity contribution in [2.45, 2.75) is 46.6 Å². The molecule has 0 unspecified atom stereocenters. The number of nitrogens with zero attached hydrogens (tertiary/aromatic N) is 3. The number of ketones is 1. The molecular weight excluding hydrogens is 334 g/mol. The standard InChI is InChI=1S/C19H21N3O2S/c1-10-7-15(12(3)22(10)14-5-6-14)16(23)8-24-18-17-11(2)13(4)25-19(17)21-9-20-18/h7,9,14H,5-6,8H2,1-4H3. The van der Waals surface area contributed by atoms with Crippen LogP contribution < -0.4 is 4.74 Å². The van der Waals surface area contributed by atoms with E-state index in [-0.39, 0.29) is 12.4 Å². The predicted octanol–water partition coefficient (Wildman–Crippen LogP) is 4.32. The summed E-state index contributed by atoms with van der Waals surface area (Å²) in [5.74, 6) is 0.493. The van der Waals surface area contributed by atoms with Crippen LogP contribution in [0.5, 0.6) is 5.88 Å². The Hall–Kier alpha value is -2.21. The molecule has 0 aliphatic heterocycles. The van der Waals surface area contributed by atoms with Crippen molar-refractivity contribution in [1.82, 2.24) is 14.5 Å². The molecule has 1 aliphatic carbocycles. The summed E-state index contributed by atoms with van der Waals surface area (Å²) in [5.41, 5.74) is 4.07. The molecule has 0 N–H and O–H groups in total. The number of ether oxygens (including phenoxy) is 1. The zero-order valence-corrected chi connectivity index (χ0v) is 15.7. The lowest BCUT2D eigenvalue weighted by Crippen LogP contribution is -2.13. The van der Waals surface area contributed by atoms with E-state index in [4.69, 9.17) is 4.74 Å². The van der Waals surface area contributed by atoms with E-state index in [9.17, 15) is 4.79 Å². The highest BCUT2D eigenvalue weighted by molar-refractivity contribution is 7.18. The summed E-state index contributed by atoms with van der Waals surface area (Å²) in [6.45, 7) is 8.18. The van der Waals surface area contributed by atoms with Gasteiger partial charge in [0, 0.05) is 27.9 Å². The Kier molecular flexibility index (Phi) is 3.87. The molecule has 4 rings (SSSR count). The van der Waals surface area contributed by atoms with Gasteiger partial charge in [-0.05, 0) is 52.2 Å². The average Bonchev–Trinajstić information content (AvgIpc) is 3.31. The topological polar surface area (TPSA) is 57.0 Å². The van der Waals surface area contributed by atoms with E-state index < -0.39 is 0 Å². The van der Waals surface area contributed by atoms with Gasteiger partial charge >= 0.3 is 0 Å². The van der Waals surface area contributed by atoms with Crippen LogP contribution >= 0.6 is 11.3 Å². The van der Waals surface area contributed by atoms with Crippen LogP contribution in [0.4, 0.5) is 0 Å². The molecule has 6 heteroatoms. The molecule has 0 bridgehead atoms. The molecule has 3 aromatic heterocycles. The molecule has 25 heavy (non-hydrogen) atoms. The normalized spacial score (nSPS) is 14.2. The number of carbonyl (C=O) groups is 1. The molecule has 1 fully saturated rings. The summed E-state index contributed by atoms with van der Waals surface area (Å²) in [6, 6.07) is 2.55. The fourth-order valence-corrected chi connectivity index (χ4v) is 4.41. The van der Waals surface area contributed by atoms with Gasteiger partial charge in [0.15, 0.2) is 6.61 Å². The van der Waals surface area contributed by atoms with Gasteiger partial charge in [-0.15, -0.1) is 11.3 Å². The largest absolute Gasteiger partial charge is 0.469 e. The average molecular weight is 355 g/mol. The second-order valence-electron chi connectivity index (χ2n) is 6.74. The summed E-state index contributed by atoms with van der Waals surface area (Å²) >= 11 is 1.62. The first-order valence-corrected chi connectivity index (χ1v) is 9.34. The second-order valence-corrected chi connectivity index (χ2v) is 7.94. The minimum Gasteiger partial charge on any atom is -0.469 e. The summed E-state index contributed by atoms with van der Waals surface area (Å²) in [6.07, 6.45) is 3.91. The van der Waals surface area contributed by atoms with Gasteiger partial charge in [0.2, 0.25) is 11.7 Å². The van der Waals surface area contributed by atoms with Gasteiger partial charge in [0.1, 0.15) is 11.2 Å². The maximum atomic E-state index is 12.7. The Labute approximate surface area is 150 Å². The first-order valence-electron chi connectivity index (χ1n) is 8.52. The highest BCUT2D eigenvalue weighted by Crippen LogP contribution is 2.38. The number of hydrogen-bond acceptors (Lipinski definition) is 5. The van der Waals surface area contributed by atoms with Crippen molar-refractivity contribution in [3.63, 3.8) is 0 Å². The summed E-state index contributed by atoms with van der Waals surface area (Å²) < 4.78 is 8.09. The lowest BCUT2D eigenvalue weighted by molar-refractivity contribution is 0.0918. The van der Waals surface area contributed by atoms with Gasteiger partial charge in [0.05, 0.1) is 5.39 Å². The van der Waals surface area contributed by atoms with Gasteiger partial charge in [-0.1, -0.05) is 0 Å². The molecule has 0 aromatic carbocycles. The molecule has 0 radical (unpaired) electrons. The molecule has 0 atom stereocenters. The predicted molar refractivity (Wildman–Crippen MR) is 98.9 cm³/mol. The van der Waals surface area contributed by atoms with Crippen molar-refractivity contribution >= 4 is 27.3 Å². The van der Waals surface area contributed by atoms with E-state index in [1.54, 1.807) is 11.3 Å². The third-order valence-corrected chi connectivity index (χ3v) is 6.08. The monoisotopic (exact) mass is 355 g/mol. The quantitative estimate of drug-likeness (QED) is 0.640. The van der Waals surface area contributed by atoms with Gasteiger partial charge < -0.3 is 9.30 Å². The Morgan fingerprint density at radius 1 is 1.28 bits per heavy atom. The van der Waals surface area contributed by atoms with Crippen LogP contribution in [0.2, 0.25) is 0 Å². The zero-order chi connectivity index (χ0) is 17.7. The van der Waals surface area contributed by atoms with Gasteiger partial charge in [-0.2, -0.15) is 0 Å². The van der Waals surface area contributed by atoms with E-state index in [0.717, 1.165) is 32.7 Å². The molecule has 1 saturated carbocycles. The first kappa shape index (κ1) is 16.3. The number of Topliss-reactive ketones (excluding diaryl/α,β-unsaturated/α-hetero) is 1. The zero-order valence-electron chi connectivity index (χ0n) is 14.9. The van der Waals surface area contributed by atoms with Crippen molar-refractivity contribution in [3.8, 4) is 5.88 Å². The van der Waals surface area contributed by atoms with Crippen LogP contribution in [0.25, 0.3) is 10.2 Å². The summed E-state index contributed by atoms with van der Waals surface area (Å²) in [7, 11) is 0. The fourth-order valence-electron chi connectivity index (χ4n) is 3.43. The minimum atomic E-state index is -0.00456. The van der Waals surface area contributed by atoms with Crippen LogP contribution in [-0.4, -0.2) is 26.9 Å². The van der Waals surface area contributed by atoms with Gasteiger partial charge in [-0.25, -0.2) is 9.97 Å². The Bertz CT molecular complexity index is 982. The fraction of sp³-hybridized carbons (Fsp3) is 0.421. The van der Waals surface area contributed by atoms with Gasteiger partial charge in [-0.3, -0.25) is 4.79 Å². The lowest BCUT2D eigenvalue weighted by Gasteiger charge is -2.08. The van der Waals surface area contributed by atoms with Crippen molar-refractivity contribution in [2.75, 3.05) is 6.61 Å². The number of aryl methyl sites for hydroxylation is 3. The van der Waals surface area contributed by atoms with Crippen molar-refractivity contribution in [2.24, 2.45) is 0 Å². The van der Waals surface area contributed by atoms with Crippen LogP contribution in [0.15, 0.2) is 12.4 Å². The minimum absolute atomic E-state index is 0.00336. The Morgan fingerprint density at radius 3 is 2.76 bits per heavy atom. The Balaban J connectivity index is 1.58. The number of carbonyl (C=O) groups excluding carboxylic acids is 1. The van der Waals surface area contributed by atoms with Crippen molar-refractivity contribution in [3.05, 3.63) is 39.8 Å². The second kappa shape index (κ2) is 5.95. The smallest absolute Gasteiger partial charge is 0.226 e. The number of rotatable bonds is 5. The first-order chi connectivity index (χ1) is 12.0. The molecule has 0 saturated heterocycles. The highest BCUT2D eigenvalue weighted by atomic mass is 32.1. The maximum Gasteiger partial charge on any atom is 0.226 e. The molecule has 1 aliphatic rings. The number of thiophene rings is 1. The van der Waals surface area contributed by atoms with Crippen molar-refractivity contribution < 1.29 is 9.53 Å². The van der Waals surface area contributed by atoms with E-state index in [0.29, 0.717) is 11.9 Å². The van der Waals surface area contributed by atoms with Crippen molar-refractivity contribution in [1.29, 1.82) is 0 Å². The molecule has 3 aromatic rings. The molecular formula is C19H21N3O2S. The third-order valence-electron chi connectivity index (χ3n) is 4.97. The number of fused-ring (bicyclic) bond motifs is 1. The van der Waals surface area contributed by atoms with E-state index in [2.05, 4.69) is 28.4 Å². The highest BCUT2D eigenvalue weighted by Gasteiger charge is 2.28. The molecule has 5 nitrogen and oxygen atoms in total. The van der Waals surface area contributed by atoms with E-state index in [1.165, 1.54) is 24.0 Å². The molecule has 0 spiro atoms. The van der Waals surface area contributed by atoms with E-state index >= 15 is 0 Å². The molecule has 0 amide bonds. The van der Waals surface area contributed by atoms with Crippen LogP contribution in [0.3, 0.4) is 0 Å².